The summed E-state index contributed by atoms with van der Waals surface area (Å²) in [5, 5.41) is 14.5. The second-order valence-corrected chi connectivity index (χ2v) is 5.49. The van der Waals surface area contributed by atoms with Crippen molar-refractivity contribution in [2.75, 3.05) is 19.0 Å². The van der Waals surface area contributed by atoms with Gasteiger partial charge in [-0.2, -0.15) is 0 Å². The highest BCUT2D eigenvalue weighted by Crippen LogP contribution is 2.25. The molecule has 0 spiro atoms. The smallest absolute Gasteiger partial charge is 0.344 e. The van der Waals surface area contributed by atoms with E-state index in [0.717, 1.165) is 18.7 Å². The van der Waals surface area contributed by atoms with Crippen LogP contribution in [0, 0.1) is 10.1 Å². The van der Waals surface area contributed by atoms with E-state index >= 15 is 0 Å². The van der Waals surface area contributed by atoms with Gasteiger partial charge in [-0.1, -0.05) is 29.8 Å². The molecule has 0 aliphatic heterocycles. The minimum absolute atomic E-state index is 0.0739. The fourth-order valence-electron chi connectivity index (χ4n) is 2.06. The molecule has 0 radical (unpaired) electrons. The number of methoxy groups -OCH3 is 1. The van der Waals surface area contributed by atoms with E-state index in [-0.39, 0.29) is 17.8 Å². The first-order valence-electron chi connectivity index (χ1n) is 7.42. The van der Waals surface area contributed by atoms with E-state index in [0.29, 0.717) is 10.7 Å². The van der Waals surface area contributed by atoms with Crippen LogP contribution in [0.3, 0.4) is 0 Å². The van der Waals surface area contributed by atoms with Gasteiger partial charge >= 0.3 is 11.9 Å². The van der Waals surface area contributed by atoms with Gasteiger partial charge in [0.1, 0.15) is 0 Å². The third-order valence-electron chi connectivity index (χ3n) is 3.41. The van der Waals surface area contributed by atoms with Crippen LogP contribution in [0.4, 0.5) is 11.4 Å². The number of ether oxygens (including phenoxy) is 2. The number of anilines is 1. The fraction of sp³-hybridized carbons (Fsp3) is 0.176. The average Bonchev–Trinajstić information content (AvgIpc) is 2.64. The van der Waals surface area contributed by atoms with E-state index in [9.17, 15) is 19.7 Å². The Kier molecular flexibility index (Phi) is 6.51. The molecule has 0 unspecified atom stereocenters. The highest BCUT2D eigenvalue weighted by atomic mass is 35.5. The van der Waals surface area contributed by atoms with Gasteiger partial charge in [0.05, 0.1) is 17.6 Å². The minimum Gasteiger partial charge on any atom is -0.466 e. The third kappa shape index (κ3) is 4.93. The molecule has 1 N–H and O–H groups in total. The monoisotopic (exact) mass is 378 g/mol. The molecule has 2 aromatic rings. The molecule has 0 aromatic heterocycles. The maximum atomic E-state index is 12.2. The predicted octanol–water partition coefficient (Wildman–Crippen LogP) is 3.19. The molecule has 0 heterocycles. The van der Waals surface area contributed by atoms with Crippen LogP contribution >= 0.6 is 11.6 Å². The molecular weight excluding hydrogens is 364 g/mol. The molecule has 136 valence electrons. The highest BCUT2D eigenvalue weighted by molar-refractivity contribution is 6.31. The number of carbonyl (C=O) groups excluding carboxylic acids is 2. The molecule has 0 saturated carbocycles. The van der Waals surface area contributed by atoms with Crippen LogP contribution in [-0.2, 0) is 20.8 Å². The van der Waals surface area contributed by atoms with Gasteiger partial charge in [-0.15, -0.1) is 0 Å². The number of carbonyl (C=O) groups is 2. The summed E-state index contributed by atoms with van der Waals surface area (Å²) in [5.74, 6) is -1.63. The van der Waals surface area contributed by atoms with Crippen molar-refractivity contribution in [3.8, 4) is 0 Å². The number of esters is 2. The molecule has 2 rings (SSSR count). The van der Waals surface area contributed by atoms with Crippen molar-refractivity contribution in [2.45, 2.75) is 6.54 Å². The number of halogens is 1. The van der Waals surface area contributed by atoms with Crippen molar-refractivity contribution in [1.82, 2.24) is 0 Å². The van der Waals surface area contributed by atoms with E-state index in [4.69, 9.17) is 16.3 Å². The third-order valence-corrected chi connectivity index (χ3v) is 3.78. The van der Waals surface area contributed by atoms with Crippen molar-refractivity contribution >= 4 is 34.9 Å². The molecule has 0 atom stereocenters. The van der Waals surface area contributed by atoms with Gasteiger partial charge in [0.25, 0.3) is 5.69 Å². The summed E-state index contributed by atoms with van der Waals surface area (Å²) in [6.07, 6.45) is 0. The van der Waals surface area contributed by atoms with Crippen LogP contribution in [0.1, 0.15) is 15.9 Å². The molecule has 8 nitrogen and oxygen atoms in total. The van der Waals surface area contributed by atoms with Gasteiger partial charge < -0.3 is 14.8 Å². The van der Waals surface area contributed by atoms with E-state index < -0.39 is 23.5 Å². The number of hydrogen-bond acceptors (Lipinski definition) is 7. The zero-order valence-corrected chi connectivity index (χ0v) is 14.5. The second-order valence-electron chi connectivity index (χ2n) is 5.08. The van der Waals surface area contributed by atoms with Crippen molar-refractivity contribution < 1.29 is 24.0 Å². The number of nitro benzene ring substituents is 1. The summed E-state index contributed by atoms with van der Waals surface area (Å²) in [4.78, 5) is 33.7. The van der Waals surface area contributed by atoms with Crippen LogP contribution in [0.15, 0.2) is 42.5 Å². The molecule has 0 aliphatic carbocycles. The van der Waals surface area contributed by atoms with Gasteiger partial charge in [-0.3, -0.25) is 10.1 Å². The fourth-order valence-corrected chi connectivity index (χ4v) is 2.26. The molecule has 2 aromatic carbocycles. The van der Waals surface area contributed by atoms with Crippen molar-refractivity contribution in [3.63, 3.8) is 0 Å². The number of non-ortho nitro benzene ring substituents is 1. The second kappa shape index (κ2) is 8.82. The van der Waals surface area contributed by atoms with Crippen LogP contribution < -0.4 is 5.32 Å². The Bertz CT molecular complexity index is 840. The molecule has 0 fully saturated rings. The van der Waals surface area contributed by atoms with E-state index in [1.54, 1.807) is 18.2 Å². The van der Waals surface area contributed by atoms with Gasteiger partial charge in [-0.05, 0) is 17.7 Å². The Balaban J connectivity index is 2.24. The molecule has 9 heteroatoms. The lowest BCUT2D eigenvalue weighted by molar-refractivity contribution is -0.384. The number of hydrogen-bond donors (Lipinski definition) is 1. The summed E-state index contributed by atoms with van der Waals surface area (Å²) in [6.45, 7) is -0.309. The summed E-state index contributed by atoms with van der Waals surface area (Å²) in [5.41, 5.74) is 0.736. The summed E-state index contributed by atoms with van der Waals surface area (Å²) < 4.78 is 9.22. The van der Waals surface area contributed by atoms with Crippen molar-refractivity contribution in [2.24, 2.45) is 0 Å². The Morgan fingerprint density at radius 3 is 2.62 bits per heavy atom. The van der Waals surface area contributed by atoms with Gasteiger partial charge in [0.2, 0.25) is 0 Å². The average molecular weight is 379 g/mol. The number of rotatable bonds is 7. The standard InChI is InChI=1S/C17H15ClN2O6/c1-25-16(21)10-26-17(22)13-8-12(20(23)24)6-7-15(13)19-9-11-4-2-3-5-14(11)18/h2-8,19H,9-10H2,1H3. The zero-order valence-electron chi connectivity index (χ0n) is 13.7. The van der Waals surface area contributed by atoms with E-state index in [1.807, 2.05) is 6.07 Å². The molecule has 26 heavy (non-hydrogen) atoms. The Morgan fingerprint density at radius 1 is 1.23 bits per heavy atom. The molecular formula is C17H15ClN2O6. The first-order chi connectivity index (χ1) is 12.4. The topological polar surface area (TPSA) is 108 Å². The summed E-state index contributed by atoms with van der Waals surface area (Å²) in [6, 6.07) is 10.8. The highest BCUT2D eigenvalue weighted by Gasteiger charge is 2.19. The maximum Gasteiger partial charge on any atom is 0.344 e. The Morgan fingerprint density at radius 2 is 1.96 bits per heavy atom. The first-order valence-corrected chi connectivity index (χ1v) is 7.80. The predicted molar refractivity (Wildman–Crippen MR) is 94.2 cm³/mol. The zero-order chi connectivity index (χ0) is 19.1. The van der Waals surface area contributed by atoms with Gasteiger partial charge in [0, 0.05) is 29.4 Å². The lowest BCUT2D eigenvalue weighted by Gasteiger charge is -2.12. The molecule has 0 bridgehead atoms. The maximum absolute atomic E-state index is 12.2. The molecule has 0 amide bonds. The van der Waals surface area contributed by atoms with E-state index in [1.165, 1.54) is 12.1 Å². The normalized spacial score (nSPS) is 10.1. The van der Waals surface area contributed by atoms with Crippen LogP contribution in [0.25, 0.3) is 0 Å². The largest absolute Gasteiger partial charge is 0.466 e. The number of benzene rings is 2. The van der Waals surface area contributed by atoms with Gasteiger partial charge in [0.15, 0.2) is 6.61 Å². The van der Waals surface area contributed by atoms with Crippen LogP contribution in [0.5, 0.6) is 0 Å². The number of nitrogens with one attached hydrogen (secondary N) is 1. The Hall–Kier alpha value is -3.13. The van der Waals surface area contributed by atoms with Crippen molar-refractivity contribution in [3.05, 3.63) is 68.7 Å². The minimum atomic E-state index is -0.888. The Labute approximate surface area is 153 Å². The SMILES string of the molecule is COC(=O)COC(=O)c1cc([N+](=O)[O-])ccc1NCc1ccccc1Cl. The van der Waals surface area contributed by atoms with E-state index in [2.05, 4.69) is 10.1 Å². The van der Waals surface area contributed by atoms with Gasteiger partial charge in [-0.25, -0.2) is 9.59 Å². The van der Waals surface area contributed by atoms with Crippen LogP contribution in [0.2, 0.25) is 5.02 Å². The number of nitrogens with zero attached hydrogens (tertiary/aromatic N) is 1. The first kappa shape index (κ1) is 19.2. The lowest BCUT2D eigenvalue weighted by atomic mass is 10.1. The quantitative estimate of drug-likeness (QED) is 0.447. The molecule has 0 aliphatic rings. The van der Waals surface area contributed by atoms with Crippen molar-refractivity contribution in [1.29, 1.82) is 0 Å². The summed E-state index contributed by atoms with van der Waals surface area (Å²) in [7, 11) is 1.15. The summed E-state index contributed by atoms with van der Waals surface area (Å²) >= 11 is 6.09. The molecule has 0 saturated heterocycles. The lowest BCUT2D eigenvalue weighted by Crippen LogP contribution is -2.16. The number of nitro groups is 1. The van der Waals surface area contributed by atoms with Crippen LogP contribution in [-0.4, -0.2) is 30.6 Å².